The highest BCUT2D eigenvalue weighted by molar-refractivity contribution is 5.79. The molecule has 0 spiro atoms. The third-order valence-corrected chi connectivity index (χ3v) is 3.86. The fourth-order valence-electron chi connectivity index (χ4n) is 2.43. The fourth-order valence-corrected chi connectivity index (χ4v) is 2.43. The third-order valence-electron chi connectivity index (χ3n) is 3.86. The van der Waals surface area contributed by atoms with Gasteiger partial charge in [-0.15, -0.1) is 0 Å². The maximum atomic E-state index is 10.1. The normalized spacial score (nSPS) is 14.0. The lowest BCUT2D eigenvalue weighted by atomic mass is 10.1. The van der Waals surface area contributed by atoms with Gasteiger partial charge in [-0.05, 0) is 31.5 Å². The second-order valence-electron chi connectivity index (χ2n) is 6.02. The van der Waals surface area contributed by atoms with Gasteiger partial charge in [0.05, 0.1) is 31.6 Å². The van der Waals surface area contributed by atoms with Crippen LogP contribution in [0.2, 0.25) is 0 Å². The first kappa shape index (κ1) is 20.0. The van der Waals surface area contributed by atoms with Gasteiger partial charge in [-0.2, -0.15) is 0 Å². The Balaban J connectivity index is 1.72. The van der Waals surface area contributed by atoms with E-state index in [1.54, 1.807) is 6.26 Å². The average molecular weight is 359 g/mol. The molecule has 2 rings (SSSR count). The molecule has 0 saturated heterocycles. The SMILES string of the molecule is CCNC(=NCC(O)COC(C)c1ccccc1)NCCc1ccco1. The molecule has 1 aromatic carbocycles. The number of hydrogen-bond acceptors (Lipinski definition) is 4. The van der Waals surface area contributed by atoms with Gasteiger partial charge in [0.25, 0.3) is 0 Å². The molecule has 2 unspecified atom stereocenters. The first-order valence-electron chi connectivity index (χ1n) is 9.08. The highest BCUT2D eigenvalue weighted by Crippen LogP contribution is 2.15. The Morgan fingerprint density at radius 3 is 2.69 bits per heavy atom. The number of rotatable bonds is 10. The van der Waals surface area contributed by atoms with Gasteiger partial charge in [0.15, 0.2) is 5.96 Å². The van der Waals surface area contributed by atoms with Crippen molar-refractivity contribution in [3.63, 3.8) is 0 Å². The number of aliphatic hydroxyl groups is 1. The lowest BCUT2D eigenvalue weighted by Gasteiger charge is -2.16. The standard InChI is InChI=1S/C20H29N3O3/c1-3-21-20(22-12-11-19-10-7-13-25-19)23-14-18(24)15-26-16(2)17-8-5-4-6-9-17/h4-10,13,16,18,24H,3,11-12,14-15H2,1-2H3,(H2,21,22,23). The zero-order chi connectivity index (χ0) is 18.6. The van der Waals surface area contributed by atoms with Crippen molar-refractivity contribution in [3.05, 3.63) is 60.1 Å². The van der Waals surface area contributed by atoms with Gasteiger partial charge in [0.1, 0.15) is 5.76 Å². The number of benzene rings is 1. The van der Waals surface area contributed by atoms with Crippen LogP contribution in [-0.4, -0.2) is 43.4 Å². The van der Waals surface area contributed by atoms with E-state index in [9.17, 15) is 5.11 Å². The van der Waals surface area contributed by atoms with E-state index < -0.39 is 6.10 Å². The topological polar surface area (TPSA) is 79.0 Å². The molecule has 6 nitrogen and oxygen atoms in total. The Labute approximate surface area is 155 Å². The predicted molar refractivity (Wildman–Crippen MR) is 103 cm³/mol. The van der Waals surface area contributed by atoms with Crippen LogP contribution in [0.4, 0.5) is 0 Å². The molecular formula is C20H29N3O3. The van der Waals surface area contributed by atoms with E-state index in [0.29, 0.717) is 12.5 Å². The van der Waals surface area contributed by atoms with Gasteiger partial charge in [-0.25, -0.2) is 0 Å². The van der Waals surface area contributed by atoms with Gasteiger partial charge in [0, 0.05) is 19.5 Å². The van der Waals surface area contributed by atoms with Crippen LogP contribution in [0.25, 0.3) is 0 Å². The van der Waals surface area contributed by atoms with Crippen LogP contribution >= 0.6 is 0 Å². The first-order valence-corrected chi connectivity index (χ1v) is 9.08. The summed E-state index contributed by atoms with van der Waals surface area (Å²) in [5.41, 5.74) is 1.09. The highest BCUT2D eigenvalue weighted by Gasteiger charge is 2.10. The van der Waals surface area contributed by atoms with Crippen molar-refractivity contribution in [2.45, 2.75) is 32.5 Å². The predicted octanol–water partition coefficient (Wildman–Crippen LogP) is 2.52. The minimum Gasteiger partial charge on any atom is -0.469 e. The van der Waals surface area contributed by atoms with Crippen LogP contribution in [-0.2, 0) is 11.2 Å². The summed E-state index contributed by atoms with van der Waals surface area (Å²) >= 11 is 0. The van der Waals surface area contributed by atoms with Crippen molar-refractivity contribution in [1.29, 1.82) is 0 Å². The molecule has 2 aromatic rings. The van der Waals surface area contributed by atoms with Crippen LogP contribution in [0.3, 0.4) is 0 Å². The Morgan fingerprint density at radius 2 is 2.00 bits per heavy atom. The summed E-state index contributed by atoms with van der Waals surface area (Å²) in [4.78, 5) is 4.42. The molecule has 6 heteroatoms. The molecule has 142 valence electrons. The summed E-state index contributed by atoms with van der Waals surface area (Å²) in [6.07, 6.45) is 1.73. The first-order chi connectivity index (χ1) is 12.7. The lowest BCUT2D eigenvalue weighted by Crippen LogP contribution is -2.39. The molecule has 0 saturated carbocycles. The van der Waals surface area contributed by atoms with Crippen molar-refractivity contribution in [2.75, 3.05) is 26.2 Å². The molecule has 1 heterocycles. The molecular weight excluding hydrogens is 330 g/mol. The van der Waals surface area contributed by atoms with E-state index >= 15 is 0 Å². The second kappa shape index (κ2) is 11.3. The molecule has 0 amide bonds. The highest BCUT2D eigenvalue weighted by atomic mass is 16.5. The van der Waals surface area contributed by atoms with E-state index in [0.717, 1.165) is 24.3 Å². The number of furan rings is 1. The molecule has 0 aliphatic carbocycles. The largest absolute Gasteiger partial charge is 0.469 e. The molecule has 0 aliphatic rings. The number of nitrogens with one attached hydrogen (secondary N) is 2. The fraction of sp³-hybridized carbons (Fsp3) is 0.450. The smallest absolute Gasteiger partial charge is 0.191 e. The molecule has 26 heavy (non-hydrogen) atoms. The Bertz CT molecular complexity index is 629. The van der Waals surface area contributed by atoms with Crippen molar-refractivity contribution >= 4 is 5.96 Å². The van der Waals surface area contributed by atoms with Gasteiger partial charge < -0.3 is 24.9 Å². The summed E-state index contributed by atoms with van der Waals surface area (Å²) in [6.45, 7) is 5.96. The summed E-state index contributed by atoms with van der Waals surface area (Å²) in [7, 11) is 0. The second-order valence-corrected chi connectivity index (χ2v) is 6.02. The minimum atomic E-state index is -0.651. The number of hydrogen-bond donors (Lipinski definition) is 3. The maximum Gasteiger partial charge on any atom is 0.191 e. The Hall–Kier alpha value is -2.31. The quantitative estimate of drug-likeness (QED) is 0.449. The average Bonchev–Trinajstić information content (AvgIpc) is 3.18. The number of guanidine groups is 1. The summed E-state index contributed by atoms with van der Waals surface area (Å²) in [6, 6.07) is 13.8. The number of nitrogens with zero attached hydrogens (tertiary/aromatic N) is 1. The zero-order valence-electron chi connectivity index (χ0n) is 15.5. The molecule has 0 radical (unpaired) electrons. The van der Waals surface area contributed by atoms with E-state index in [1.807, 2.05) is 56.3 Å². The van der Waals surface area contributed by atoms with Crippen LogP contribution in [0.5, 0.6) is 0 Å². The van der Waals surface area contributed by atoms with E-state index in [-0.39, 0.29) is 19.3 Å². The lowest BCUT2D eigenvalue weighted by molar-refractivity contribution is 0.00111. The summed E-state index contributed by atoms with van der Waals surface area (Å²) in [5, 5.41) is 16.5. The monoisotopic (exact) mass is 359 g/mol. The van der Waals surface area contributed by atoms with E-state index in [2.05, 4.69) is 15.6 Å². The Morgan fingerprint density at radius 1 is 1.19 bits per heavy atom. The number of ether oxygens (including phenoxy) is 1. The molecule has 2 atom stereocenters. The molecule has 1 aromatic heterocycles. The number of aliphatic imine (C=N–C) groups is 1. The summed E-state index contributed by atoms with van der Waals surface area (Å²) in [5.74, 6) is 1.60. The van der Waals surface area contributed by atoms with Gasteiger partial charge in [-0.3, -0.25) is 4.99 Å². The Kier molecular flexibility index (Phi) is 8.72. The van der Waals surface area contributed by atoms with Crippen LogP contribution in [0.15, 0.2) is 58.1 Å². The number of aliphatic hydroxyl groups excluding tert-OH is 1. The van der Waals surface area contributed by atoms with Gasteiger partial charge in [0.2, 0.25) is 0 Å². The summed E-state index contributed by atoms with van der Waals surface area (Å²) < 4.78 is 11.0. The van der Waals surface area contributed by atoms with Crippen molar-refractivity contribution in [2.24, 2.45) is 4.99 Å². The van der Waals surface area contributed by atoms with Crippen LogP contribution < -0.4 is 10.6 Å². The molecule has 3 N–H and O–H groups in total. The van der Waals surface area contributed by atoms with Gasteiger partial charge in [-0.1, -0.05) is 30.3 Å². The van der Waals surface area contributed by atoms with Crippen LogP contribution in [0, 0.1) is 0 Å². The third kappa shape index (κ3) is 7.29. The molecule has 0 aliphatic heterocycles. The molecule has 0 bridgehead atoms. The molecule has 0 fully saturated rings. The maximum absolute atomic E-state index is 10.1. The van der Waals surface area contributed by atoms with E-state index in [1.165, 1.54) is 0 Å². The van der Waals surface area contributed by atoms with Crippen molar-refractivity contribution in [1.82, 2.24) is 10.6 Å². The van der Waals surface area contributed by atoms with Crippen LogP contribution in [0.1, 0.15) is 31.3 Å². The minimum absolute atomic E-state index is 0.0607. The zero-order valence-corrected chi connectivity index (χ0v) is 15.5. The van der Waals surface area contributed by atoms with Gasteiger partial charge >= 0.3 is 0 Å². The van der Waals surface area contributed by atoms with Crippen molar-refractivity contribution in [3.8, 4) is 0 Å². The van der Waals surface area contributed by atoms with Crippen molar-refractivity contribution < 1.29 is 14.3 Å². The van der Waals surface area contributed by atoms with E-state index in [4.69, 9.17) is 9.15 Å².